The number of hydrogen-bond donors (Lipinski definition) is 0. The molecule has 0 fully saturated rings. The standard InChI is InChI=1S/C54H33N5O/c1-2-14-34(15-3-1)35-29-30-50-45(33-35)42-22-11-21-38(51(42)60-50)36-16-10-17-37(32-36)52-56-53(43-23-12-25-46-39(43)24-13-31-55-46)58-54(57-52)44-20-6-9-28-49(44)59-47-26-7-4-18-40(47)41-19-5-8-27-48(41)59/h1-33H/i4D,5D,7D,18D,19D,26D,27D. The highest BCUT2D eigenvalue weighted by atomic mass is 16.3. The zero-order valence-electron chi connectivity index (χ0n) is 38.7. The molecule has 60 heavy (non-hydrogen) atoms. The summed E-state index contributed by atoms with van der Waals surface area (Å²) >= 11 is 0. The number of benzene rings is 8. The highest BCUT2D eigenvalue weighted by Crippen LogP contribution is 2.40. The minimum Gasteiger partial charge on any atom is -0.455 e. The largest absolute Gasteiger partial charge is 0.455 e. The van der Waals surface area contributed by atoms with Gasteiger partial charge in [-0.15, -0.1) is 0 Å². The van der Waals surface area contributed by atoms with Gasteiger partial charge in [0, 0.05) is 55.4 Å². The third-order valence-corrected chi connectivity index (χ3v) is 11.0. The first kappa shape index (κ1) is 27.4. The fourth-order valence-electron chi connectivity index (χ4n) is 8.27. The van der Waals surface area contributed by atoms with Gasteiger partial charge >= 0.3 is 0 Å². The van der Waals surface area contributed by atoms with Gasteiger partial charge in [0.25, 0.3) is 0 Å². The van der Waals surface area contributed by atoms with E-state index in [0.29, 0.717) is 34.0 Å². The van der Waals surface area contributed by atoms with Crippen LogP contribution in [0.25, 0.3) is 117 Å². The average molecular weight is 775 g/mol. The van der Waals surface area contributed by atoms with Crippen molar-refractivity contribution in [3.8, 4) is 62.1 Å². The lowest BCUT2D eigenvalue weighted by Gasteiger charge is -2.15. The van der Waals surface area contributed by atoms with Gasteiger partial charge in [0.1, 0.15) is 11.2 Å². The molecule has 6 nitrogen and oxygen atoms in total. The molecule has 280 valence electrons. The van der Waals surface area contributed by atoms with Gasteiger partial charge in [-0.1, -0.05) is 139 Å². The summed E-state index contributed by atoms with van der Waals surface area (Å²) in [5.41, 5.74) is 8.78. The van der Waals surface area contributed by atoms with Crippen LogP contribution in [-0.2, 0) is 0 Å². The van der Waals surface area contributed by atoms with E-state index >= 15 is 0 Å². The minimum absolute atomic E-state index is 0.0524. The highest BCUT2D eigenvalue weighted by molar-refractivity contribution is 6.11. The van der Waals surface area contributed by atoms with Crippen LogP contribution in [0.4, 0.5) is 0 Å². The third-order valence-electron chi connectivity index (χ3n) is 11.0. The Balaban J connectivity index is 1.09. The molecule has 12 rings (SSSR count). The van der Waals surface area contributed by atoms with Crippen LogP contribution in [0.15, 0.2) is 205 Å². The van der Waals surface area contributed by atoms with Gasteiger partial charge in [0.2, 0.25) is 0 Å². The van der Waals surface area contributed by atoms with E-state index in [0.717, 1.165) is 55.1 Å². The van der Waals surface area contributed by atoms with E-state index in [9.17, 15) is 1.37 Å². The maximum atomic E-state index is 9.17. The Hall–Kier alpha value is -8.22. The van der Waals surface area contributed by atoms with E-state index in [-0.39, 0.29) is 57.8 Å². The second kappa shape index (κ2) is 13.7. The van der Waals surface area contributed by atoms with E-state index < -0.39 is 12.1 Å². The van der Waals surface area contributed by atoms with Crippen molar-refractivity contribution in [1.82, 2.24) is 24.5 Å². The second-order valence-corrected chi connectivity index (χ2v) is 14.5. The van der Waals surface area contributed by atoms with Crippen LogP contribution < -0.4 is 0 Å². The first-order chi connectivity index (χ1) is 32.6. The van der Waals surface area contributed by atoms with Gasteiger partial charge in [-0.05, 0) is 71.2 Å². The Kier molecular flexibility index (Phi) is 6.27. The SMILES string of the molecule is [2H]c1cc([2H])c2c(c1[2H])c1c([2H])c([2H])c([2H])c([2H])c1n2-c1ccccc1-c1nc(-c2cccc(-c3cccc4c3oc3ccc(-c5ccccc5)cc34)c2)nc(-c2cccc3ncccc23)n1. The molecule has 0 aliphatic carbocycles. The number of para-hydroxylation sites is 4. The Morgan fingerprint density at radius 3 is 2.07 bits per heavy atom. The summed E-state index contributed by atoms with van der Waals surface area (Å²) in [5, 5.41) is 2.97. The number of fused-ring (bicyclic) bond motifs is 7. The van der Waals surface area contributed by atoms with Crippen molar-refractivity contribution in [3.63, 3.8) is 0 Å². The van der Waals surface area contributed by atoms with Crippen molar-refractivity contribution >= 4 is 54.6 Å². The molecular weight excluding hydrogens is 735 g/mol. The molecular formula is C54H33N5O. The van der Waals surface area contributed by atoms with Crippen molar-refractivity contribution in [2.75, 3.05) is 0 Å². The van der Waals surface area contributed by atoms with E-state index in [2.05, 4.69) is 35.3 Å². The monoisotopic (exact) mass is 774 g/mol. The van der Waals surface area contributed by atoms with Gasteiger partial charge in [0.05, 0.1) is 31.8 Å². The number of nitrogens with zero attached hydrogens (tertiary/aromatic N) is 5. The predicted molar refractivity (Wildman–Crippen MR) is 244 cm³/mol. The Labute approximate surface area is 354 Å². The molecule has 0 atom stereocenters. The number of rotatable bonds is 6. The lowest BCUT2D eigenvalue weighted by atomic mass is 9.99. The van der Waals surface area contributed by atoms with Crippen molar-refractivity contribution in [3.05, 3.63) is 200 Å². The molecule has 0 N–H and O–H groups in total. The summed E-state index contributed by atoms with van der Waals surface area (Å²) in [6.45, 7) is 0. The van der Waals surface area contributed by atoms with Gasteiger partial charge in [0.15, 0.2) is 17.5 Å². The molecule has 0 aliphatic heterocycles. The summed E-state index contributed by atoms with van der Waals surface area (Å²) in [4.78, 5) is 20.0. The summed E-state index contributed by atoms with van der Waals surface area (Å²) in [6.07, 6.45) is 1.73. The Morgan fingerprint density at radius 2 is 1.13 bits per heavy atom. The number of pyridine rings is 1. The zero-order valence-corrected chi connectivity index (χ0v) is 31.7. The van der Waals surface area contributed by atoms with Gasteiger partial charge in [-0.2, -0.15) is 0 Å². The topological polar surface area (TPSA) is 69.6 Å². The van der Waals surface area contributed by atoms with Crippen LogP contribution in [0, 0.1) is 0 Å². The van der Waals surface area contributed by atoms with E-state index in [4.69, 9.17) is 27.6 Å². The normalized spacial score (nSPS) is 13.3. The van der Waals surface area contributed by atoms with Crippen LogP contribution >= 0.6 is 0 Å². The molecule has 4 aromatic heterocycles. The van der Waals surface area contributed by atoms with Gasteiger partial charge in [-0.3, -0.25) is 4.98 Å². The maximum Gasteiger partial charge on any atom is 0.166 e. The zero-order chi connectivity index (χ0) is 45.7. The minimum atomic E-state index is -0.474. The molecule has 0 spiro atoms. The smallest absolute Gasteiger partial charge is 0.166 e. The summed E-state index contributed by atoms with van der Waals surface area (Å²) in [5.74, 6) is 0.977. The molecule has 0 radical (unpaired) electrons. The molecule has 0 unspecified atom stereocenters. The highest BCUT2D eigenvalue weighted by Gasteiger charge is 2.21. The van der Waals surface area contributed by atoms with Crippen LogP contribution in [-0.4, -0.2) is 24.5 Å². The van der Waals surface area contributed by atoms with Gasteiger partial charge < -0.3 is 8.98 Å². The number of furan rings is 1. The first-order valence-electron chi connectivity index (χ1n) is 23.0. The average Bonchev–Trinajstić information content (AvgIpc) is 3.94. The van der Waals surface area contributed by atoms with Crippen molar-refractivity contribution in [1.29, 1.82) is 0 Å². The van der Waals surface area contributed by atoms with E-state index in [1.807, 2.05) is 103 Å². The molecule has 6 heteroatoms. The summed E-state index contributed by atoms with van der Waals surface area (Å²) in [6, 6.07) is 46.4. The molecule has 4 heterocycles. The van der Waals surface area contributed by atoms with Crippen LogP contribution in [0.5, 0.6) is 0 Å². The summed E-state index contributed by atoms with van der Waals surface area (Å²) in [7, 11) is 0. The number of aromatic nitrogens is 5. The first-order valence-corrected chi connectivity index (χ1v) is 19.5. The molecule has 0 saturated heterocycles. The number of hydrogen-bond acceptors (Lipinski definition) is 5. The lowest BCUT2D eigenvalue weighted by molar-refractivity contribution is 0.670. The van der Waals surface area contributed by atoms with Crippen LogP contribution in [0.2, 0.25) is 0 Å². The molecule has 12 aromatic rings. The van der Waals surface area contributed by atoms with Crippen LogP contribution in [0.3, 0.4) is 0 Å². The Morgan fingerprint density at radius 1 is 0.433 bits per heavy atom. The predicted octanol–water partition coefficient (Wildman–Crippen LogP) is 13.8. The second-order valence-electron chi connectivity index (χ2n) is 14.5. The van der Waals surface area contributed by atoms with Crippen molar-refractivity contribution in [2.45, 2.75) is 0 Å². The molecule has 0 aliphatic rings. The van der Waals surface area contributed by atoms with E-state index in [1.165, 1.54) is 6.07 Å². The van der Waals surface area contributed by atoms with Crippen molar-refractivity contribution < 1.29 is 14.0 Å². The van der Waals surface area contributed by atoms with Crippen molar-refractivity contribution in [2.24, 2.45) is 0 Å². The molecule has 0 amide bonds. The Bertz CT molecular complexity index is 4030. The maximum absolute atomic E-state index is 9.17. The quantitative estimate of drug-likeness (QED) is 0.168. The fourth-order valence-corrected chi connectivity index (χ4v) is 8.27. The van der Waals surface area contributed by atoms with E-state index in [1.54, 1.807) is 22.9 Å². The molecule has 0 bridgehead atoms. The molecule has 0 saturated carbocycles. The third kappa shape index (κ3) is 5.50. The molecule has 8 aromatic carbocycles. The van der Waals surface area contributed by atoms with Crippen LogP contribution in [0.1, 0.15) is 9.60 Å². The summed E-state index contributed by atoms with van der Waals surface area (Å²) < 4.78 is 70.2. The van der Waals surface area contributed by atoms with Gasteiger partial charge in [-0.25, -0.2) is 15.0 Å². The fraction of sp³-hybridized carbons (Fsp3) is 0. The lowest BCUT2D eigenvalue weighted by Crippen LogP contribution is -2.04.